The van der Waals surface area contributed by atoms with E-state index in [1.165, 1.54) is 43.2 Å². The summed E-state index contributed by atoms with van der Waals surface area (Å²) in [5, 5.41) is 3.58. The summed E-state index contributed by atoms with van der Waals surface area (Å²) in [4.78, 5) is 13.1. The average Bonchev–Trinajstić information content (AvgIpc) is 3.01. The van der Waals surface area contributed by atoms with E-state index in [-0.39, 0.29) is 11.1 Å². The predicted molar refractivity (Wildman–Crippen MR) is 115 cm³/mol. The van der Waals surface area contributed by atoms with E-state index in [1.54, 1.807) is 0 Å². The number of nitrogens with one attached hydrogen (secondary N) is 1. The maximum absolute atomic E-state index is 13.1. The molecule has 0 aromatic heterocycles. The van der Waals surface area contributed by atoms with Crippen LogP contribution in [0.25, 0.3) is 0 Å². The number of hydrogen-bond acceptors (Lipinski definition) is 2. The molecule has 3 aliphatic carbocycles. The highest BCUT2D eigenvalue weighted by Gasteiger charge is 2.46. The first kappa shape index (κ1) is 19.6. The van der Waals surface area contributed by atoms with Crippen LogP contribution in [-0.4, -0.2) is 11.4 Å². The van der Waals surface area contributed by atoms with Gasteiger partial charge < -0.3 is 10.1 Å². The van der Waals surface area contributed by atoms with Crippen molar-refractivity contribution >= 4 is 5.91 Å². The van der Waals surface area contributed by atoms with Crippen molar-refractivity contribution in [1.82, 2.24) is 5.32 Å². The van der Waals surface area contributed by atoms with Crippen molar-refractivity contribution in [3.05, 3.63) is 35.4 Å². The predicted octanol–water partition coefficient (Wildman–Crippen LogP) is 5.71. The van der Waals surface area contributed by atoms with Gasteiger partial charge in [0.25, 0.3) is 0 Å². The molecule has 3 nitrogen and oxygen atoms in total. The van der Waals surface area contributed by atoms with Gasteiger partial charge in [-0.05, 0) is 92.6 Å². The lowest BCUT2D eigenvalue weighted by atomic mass is 9.61. The minimum atomic E-state index is -0.0763. The van der Waals surface area contributed by atoms with E-state index in [4.69, 9.17) is 4.74 Å². The minimum absolute atomic E-state index is 0.0763. The zero-order valence-corrected chi connectivity index (χ0v) is 18.2. The molecule has 0 saturated heterocycles. The second-order valence-corrected chi connectivity index (χ2v) is 11.1. The zero-order valence-electron chi connectivity index (χ0n) is 18.2. The van der Waals surface area contributed by atoms with Gasteiger partial charge in [-0.3, -0.25) is 4.79 Å². The van der Waals surface area contributed by atoms with Crippen molar-refractivity contribution in [2.45, 2.75) is 95.8 Å². The molecule has 3 heteroatoms. The fraction of sp³-hybridized carbons (Fsp3) is 0.731. The van der Waals surface area contributed by atoms with Crippen LogP contribution in [0.5, 0.6) is 0 Å². The van der Waals surface area contributed by atoms with Gasteiger partial charge in [0.05, 0.1) is 12.2 Å². The Balaban J connectivity index is 1.19. The Kier molecular flexibility index (Phi) is 5.01. The normalized spacial score (nSPS) is 41.2. The Bertz CT molecular complexity index is 744. The molecule has 1 heterocycles. The van der Waals surface area contributed by atoms with Gasteiger partial charge >= 0.3 is 0 Å². The molecule has 3 saturated carbocycles. The van der Waals surface area contributed by atoms with Crippen LogP contribution in [0, 0.1) is 23.7 Å². The van der Waals surface area contributed by atoms with Crippen molar-refractivity contribution in [1.29, 1.82) is 0 Å². The average molecular weight is 396 g/mol. The lowest BCUT2D eigenvalue weighted by Crippen LogP contribution is -2.56. The largest absolute Gasteiger partial charge is 0.366 e. The van der Waals surface area contributed by atoms with Crippen LogP contribution in [0.3, 0.4) is 0 Å². The molecule has 3 fully saturated rings. The Morgan fingerprint density at radius 1 is 1.07 bits per heavy atom. The second kappa shape index (κ2) is 7.41. The highest BCUT2D eigenvalue weighted by Crippen LogP contribution is 2.49. The summed E-state index contributed by atoms with van der Waals surface area (Å²) >= 11 is 0. The molecule has 5 rings (SSSR count). The quantitative estimate of drug-likeness (QED) is 0.711. The summed E-state index contributed by atoms with van der Waals surface area (Å²) < 4.78 is 6.30. The molecule has 2 bridgehead atoms. The molecule has 4 aliphatic rings. The third-order valence-corrected chi connectivity index (χ3v) is 8.43. The van der Waals surface area contributed by atoms with Crippen LogP contribution in [0.1, 0.15) is 89.2 Å². The van der Waals surface area contributed by atoms with E-state index in [2.05, 4.69) is 43.4 Å². The Morgan fingerprint density at radius 3 is 2.48 bits per heavy atom. The van der Waals surface area contributed by atoms with Crippen molar-refractivity contribution in [2.75, 3.05) is 0 Å². The molecule has 1 aromatic carbocycles. The molecule has 1 aliphatic heterocycles. The lowest BCUT2D eigenvalue weighted by Gasteiger charge is -2.50. The SMILES string of the molecule is CC1CC2CC(C)CC(NC(=O)CC3CCC4(CC3)OCc3ccccc34)(C1)C2. The van der Waals surface area contributed by atoms with Crippen LogP contribution in [0.15, 0.2) is 24.3 Å². The molecular weight excluding hydrogens is 358 g/mol. The maximum Gasteiger partial charge on any atom is 0.220 e. The van der Waals surface area contributed by atoms with Gasteiger partial charge in [-0.15, -0.1) is 0 Å². The molecule has 2 atom stereocenters. The summed E-state index contributed by atoms with van der Waals surface area (Å²) in [6, 6.07) is 8.70. The third kappa shape index (κ3) is 3.76. The third-order valence-electron chi connectivity index (χ3n) is 8.43. The summed E-state index contributed by atoms with van der Waals surface area (Å²) in [5.41, 5.74) is 2.77. The molecule has 158 valence electrons. The van der Waals surface area contributed by atoms with E-state index >= 15 is 0 Å². The molecule has 2 unspecified atom stereocenters. The van der Waals surface area contributed by atoms with Crippen molar-refractivity contribution in [3.63, 3.8) is 0 Å². The standard InChI is InChI=1S/C26H37NO2/c1-18-11-21-12-19(2)15-25(14-18,16-21)27-24(28)13-20-7-9-26(10-8-20)23-6-4-3-5-22(23)17-29-26/h3-6,18-21H,7-17H2,1-2H3,(H,27,28). The number of carbonyl (C=O) groups excluding carboxylic acids is 1. The van der Waals surface area contributed by atoms with Gasteiger partial charge in [0.15, 0.2) is 0 Å². The number of fused-ring (bicyclic) bond motifs is 4. The van der Waals surface area contributed by atoms with Gasteiger partial charge in [0.1, 0.15) is 0 Å². The number of benzene rings is 1. The molecule has 1 aromatic rings. The first-order valence-electron chi connectivity index (χ1n) is 12.0. The molecule has 1 amide bonds. The van der Waals surface area contributed by atoms with E-state index in [9.17, 15) is 4.79 Å². The summed E-state index contributed by atoms with van der Waals surface area (Å²) in [6.45, 7) is 5.51. The minimum Gasteiger partial charge on any atom is -0.366 e. The number of rotatable bonds is 3. The highest BCUT2D eigenvalue weighted by atomic mass is 16.5. The fourth-order valence-electron chi connectivity index (χ4n) is 7.61. The molecule has 1 N–H and O–H groups in total. The highest BCUT2D eigenvalue weighted by molar-refractivity contribution is 5.77. The zero-order chi connectivity index (χ0) is 20.1. The topological polar surface area (TPSA) is 38.3 Å². The monoisotopic (exact) mass is 395 g/mol. The molecule has 0 radical (unpaired) electrons. The number of amides is 1. The smallest absolute Gasteiger partial charge is 0.220 e. The van der Waals surface area contributed by atoms with Crippen molar-refractivity contribution < 1.29 is 9.53 Å². The summed E-state index contributed by atoms with van der Waals surface area (Å²) in [6.07, 6.45) is 11.3. The van der Waals surface area contributed by atoms with Crippen LogP contribution in [0.4, 0.5) is 0 Å². The van der Waals surface area contributed by atoms with Crippen LogP contribution >= 0.6 is 0 Å². The van der Waals surface area contributed by atoms with E-state index in [1.807, 2.05) is 0 Å². The van der Waals surface area contributed by atoms with Crippen molar-refractivity contribution in [3.8, 4) is 0 Å². The molecule has 29 heavy (non-hydrogen) atoms. The fourth-order valence-corrected chi connectivity index (χ4v) is 7.61. The first-order chi connectivity index (χ1) is 14.0. The van der Waals surface area contributed by atoms with Crippen LogP contribution in [0.2, 0.25) is 0 Å². The van der Waals surface area contributed by atoms with Crippen LogP contribution < -0.4 is 5.32 Å². The summed E-state index contributed by atoms with van der Waals surface area (Å²) in [7, 11) is 0. The molecule has 1 spiro atoms. The van der Waals surface area contributed by atoms with Crippen molar-refractivity contribution in [2.24, 2.45) is 23.7 Å². The summed E-state index contributed by atoms with van der Waals surface area (Å²) in [5.74, 6) is 3.12. The van der Waals surface area contributed by atoms with E-state index in [0.29, 0.717) is 18.2 Å². The Labute approximate surface area is 176 Å². The Hall–Kier alpha value is -1.35. The van der Waals surface area contributed by atoms with E-state index in [0.717, 1.165) is 50.0 Å². The van der Waals surface area contributed by atoms with E-state index < -0.39 is 0 Å². The maximum atomic E-state index is 13.1. The number of ether oxygens (including phenoxy) is 1. The van der Waals surface area contributed by atoms with Gasteiger partial charge in [-0.25, -0.2) is 0 Å². The Morgan fingerprint density at radius 2 is 1.76 bits per heavy atom. The molecular formula is C26H37NO2. The second-order valence-electron chi connectivity index (χ2n) is 11.1. The van der Waals surface area contributed by atoms with Gasteiger partial charge in [-0.2, -0.15) is 0 Å². The van der Waals surface area contributed by atoms with Gasteiger partial charge in [0, 0.05) is 12.0 Å². The first-order valence-corrected chi connectivity index (χ1v) is 12.0. The lowest BCUT2D eigenvalue weighted by molar-refractivity contribution is -0.127. The van der Waals surface area contributed by atoms with Gasteiger partial charge in [0.2, 0.25) is 5.91 Å². The number of hydrogen-bond donors (Lipinski definition) is 1. The number of carbonyl (C=O) groups is 1. The van der Waals surface area contributed by atoms with Gasteiger partial charge in [-0.1, -0.05) is 38.1 Å². The van der Waals surface area contributed by atoms with Crippen LogP contribution in [-0.2, 0) is 21.7 Å².